The van der Waals surface area contributed by atoms with Crippen LogP contribution in [0.1, 0.15) is 11.4 Å². The monoisotopic (exact) mass is 1180 g/mol. The Balaban J connectivity index is 0.00000236. The molecule has 0 aliphatic rings. The number of ether oxygens (including phenoxy) is 2. The van der Waals surface area contributed by atoms with Crippen LogP contribution in [-0.2, 0) is 42.1 Å². The molecule has 11 heteroatoms. The number of fused-ring (bicyclic) bond motifs is 9. The van der Waals surface area contributed by atoms with E-state index in [1.807, 2.05) is 122 Å². The van der Waals surface area contributed by atoms with Gasteiger partial charge in [0.1, 0.15) is 11.6 Å². The van der Waals surface area contributed by atoms with Gasteiger partial charge in [-0.3, -0.25) is 0 Å². The van der Waals surface area contributed by atoms with E-state index in [0.29, 0.717) is 28.9 Å². The molecule has 6 aromatic carbocycles. The number of hydrogen-bond donors (Lipinski definition) is 0. The van der Waals surface area contributed by atoms with Crippen molar-refractivity contribution in [3.05, 3.63) is 188 Å². The molecule has 6 aromatic heterocycles. The zero-order chi connectivity index (χ0) is 40.6. The van der Waals surface area contributed by atoms with Crippen LogP contribution in [0, 0.1) is 38.1 Å². The van der Waals surface area contributed by atoms with Crippen molar-refractivity contribution >= 4 is 65.4 Å². The van der Waals surface area contributed by atoms with Gasteiger partial charge < -0.3 is 23.2 Å². The molecule has 12 rings (SSSR count). The maximum absolute atomic E-state index is 6.57. The molecule has 0 spiro atoms. The molecule has 0 unspecified atom stereocenters. The van der Waals surface area contributed by atoms with Gasteiger partial charge in [-0.05, 0) is 67.1 Å². The molecule has 0 amide bonds. The van der Waals surface area contributed by atoms with E-state index >= 15 is 0 Å². The quantitative estimate of drug-likeness (QED) is 0.148. The summed E-state index contributed by atoms with van der Waals surface area (Å²) in [6, 6.07) is 60.6. The first-order chi connectivity index (χ1) is 30.0. The van der Waals surface area contributed by atoms with Crippen LogP contribution in [0.5, 0.6) is 23.0 Å². The minimum absolute atomic E-state index is 0. The van der Waals surface area contributed by atoms with Gasteiger partial charge in [0.2, 0.25) is 5.95 Å². The molecule has 0 fully saturated rings. The summed E-state index contributed by atoms with van der Waals surface area (Å²) in [6.45, 7) is 3.93. The number of pyridine rings is 2. The summed E-state index contributed by atoms with van der Waals surface area (Å²) in [5.74, 6) is 4.23. The number of hydrogen-bond acceptors (Lipinski definition) is 6. The van der Waals surface area contributed by atoms with Gasteiger partial charge in [0.05, 0.1) is 0 Å². The summed E-state index contributed by atoms with van der Waals surface area (Å²) in [6.07, 6.45) is 3.60. The Morgan fingerprint density at radius 1 is 0.397 bits per heavy atom. The van der Waals surface area contributed by atoms with Crippen LogP contribution in [-0.4, -0.2) is 33.6 Å². The second-order valence-corrected chi connectivity index (χ2v) is 14.9. The summed E-state index contributed by atoms with van der Waals surface area (Å²) < 4.78 is 19.4. The smallest absolute Gasteiger partial charge is 0.509 e. The van der Waals surface area contributed by atoms with E-state index in [2.05, 4.69) is 79.8 Å². The van der Waals surface area contributed by atoms with Crippen LogP contribution < -0.4 is 9.47 Å². The van der Waals surface area contributed by atoms with Crippen LogP contribution in [0.3, 0.4) is 0 Å². The maximum Gasteiger partial charge on any atom is 2.00 e. The SMILES string of the molecule is Cc1cc(C)nc(-n2c3[c-]c(Oc4[c-]c5c(cc4)c4ccccc4n5-c4ccccn4)ccc3c3ccc(Oc4[c-]c5c(cc4)c4ccccc4n5-c4ccccn4)[c-]c32)n1.[Pt+2].[Pt+2]. The van der Waals surface area contributed by atoms with Crippen LogP contribution in [0.4, 0.5) is 0 Å². The van der Waals surface area contributed by atoms with E-state index in [1.54, 1.807) is 12.4 Å². The Kier molecular flexibility index (Phi) is 10.3. The summed E-state index contributed by atoms with van der Waals surface area (Å²) in [5, 5.41) is 6.22. The minimum atomic E-state index is 0. The second-order valence-electron chi connectivity index (χ2n) is 14.9. The molecule has 63 heavy (non-hydrogen) atoms. The second kappa shape index (κ2) is 16.1. The Hall–Kier alpha value is -6.92. The van der Waals surface area contributed by atoms with E-state index in [1.165, 1.54) is 0 Å². The largest absolute Gasteiger partial charge is 2.00 e. The maximum atomic E-state index is 6.57. The molecule has 0 aliphatic carbocycles. The van der Waals surface area contributed by atoms with Crippen molar-refractivity contribution in [2.75, 3.05) is 0 Å². The molecule has 0 N–H and O–H groups in total. The summed E-state index contributed by atoms with van der Waals surface area (Å²) >= 11 is 0. The third-order valence-corrected chi connectivity index (χ3v) is 11.0. The molecule has 12 aromatic rings. The van der Waals surface area contributed by atoms with E-state index in [0.717, 1.165) is 88.4 Å². The normalized spacial score (nSPS) is 11.4. The number of rotatable bonds is 7. The molecule has 0 saturated heterocycles. The third kappa shape index (κ3) is 6.80. The first kappa shape index (κ1) is 40.2. The van der Waals surface area contributed by atoms with Gasteiger partial charge in [-0.25, -0.2) is 19.9 Å². The molecule has 9 nitrogen and oxygen atoms in total. The average molecular weight is 1180 g/mol. The van der Waals surface area contributed by atoms with Crippen LogP contribution in [0.2, 0.25) is 0 Å². The van der Waals surface area contributed by atoms with E-state index in [-0.39, 0.29) is 42.1 Å². The topological polar surface area (TPSA) is 84.8 Å². The fourth-order valence-electron chi connectivity index (χ4n) is 8.51. The molecule has 0 atom stereocenters. The van der Waals surface area contributed by atoms with Crippen molar-refractivity contribution in [1.29, 1.82) is 0 Å². The molecule has 0 saturated carbocycles. The summed E-state index contributed by atoms with van der Waals surface area (Å²) in [7, 11) is 0. The van der Waals surface area contributed by atoms with Crippen molar-refractivity contribution in [2.45, 2.75) is 13.8 Å². The first-order valence-electron chi connectivity index (χ1n) is 19.9. The van der Waals surface area contributed by atoms with Gasteiger partial charge in [0.15, 0.2) is 0 Å². The fourth-order valence-corrected chi connectivity index (χ4v) is 8.51. The zero-order valence-electron chi connectivity index (χ0n) is 33.5. The molecule has 0 radical (unpaired) electrons. The molecule has 0 aliphatic heterocycles. The Labute approximate surface area is 390 Å². The number of benzene rings is 6. The Morgan fingerprint density at radius 3 is 1.16 bits per heavy atom. The van der Waals surface area contributed by atoms with Gasteiger partial charge in [-0.15, -0.1) is 59.3 Å². The Bertz CT molecular complexity index is 3460. The van der Waals surface area contributed by atoms with Gasteiger partial charge in [0, 0.05) is 57.8 Å². The number of nitrogens with zero attached hydrogens (tertiary/aromatic N) is 7. The molecule has 6 heterocycles. The van der Waals surface area contributed by atoms with E-state index in [4.69, 9.17) is 19.4 Å². The van der Waals surface area contributed by atoms with Crippen LogP contribution in [0.15, 0.2) is 152 Å². The summed E-state index contributed by atoms with van der Waals surface area (Å²) in [4.78, 5) is 19.1. The third-order valence-electron chi connectivity index (χ3n) is 11.0. The predicted molar refractivity (Wildman–Crippen MR) is 238 cm³/mol. The molecular formula is C52H31N7O2Pt2. The number of aromatic nitrogens is 7. The van der Waals surface area contributed by atoms with Gasteiger partial charge in [0.25, 0.3) is 0 Å². The van der Waals surface area contributed by atoms with Crippen LogP contribution >= 0.6 is 0 Å². The number of aryl methyl sites for hydroxylation is 2. The first-order valence-corrected chi connectivity index (χ1v) is 19.9. The zero-order valence-corrected chi connectivity index (χ0v) is 38.1. The van der Waals surface area contributed by atoms with Crippen molar-refractivity contribution in [3.8, 4) is 40.6 Å². The summed E-state index contributed by atoms with van der Waals surface area (Å²) in [5.41, 5.74) is 6.98. The fraction of sp³-hybridized carbons (Fsp3) is 0.0385. The Morgan fingerprint density at radius 2 is 0.762 bits per heavy atom. The van der Waals surface area contributed by atoms with Gasteiger partial charge in [-0.2, -0.15) is 35.0 Å². The van der Waals surface area contributed by atoms with Crippen molar-refractivity contribution in [1.82, 2.24) is 33.6 Å². The van der Waals surface area contributed by atoms with Gasteiger partial charge in [-0.1, -0.05) is 70.6 Å². The van der Waals surface area contributed by atoms with Gasteiger partial charge >= 0.3 is 42.1 Å². The molecule has 306 valence electrons. The molecular weight excluding hydrogens is 1140 g/mol. The average Bonchev–Trinajstić information content (AvgIpc) is 3.91. The van der Waals surface area contributed by atoms with E-state index < -0.39 is 0 Å². The predicted octanol–water partition coefficient (Wildman–Crippen LogP) is 12.0. The van der Waals surface area contributed by atoms with Crippen molar-refractivity contribution < 1.29 is 51.6 Å². The minimum Gasteiger partial charge on any atom is -0.509 e. The standard InChI is InChI=1S/C52H31N7O2.2Pt/c1-32-27-33(2)56-52(55-32)59-48-30-36(60-34-17-21-40-38-11-3-5-13-44(38)57(46(40)28-34)50-15-7-9-25-53-50)19-23-42(48)43-24-20-37(31-49(43)59)61-35-18-22-41-39-12-4-6-14-45(39)58(47(41)29-35)51-16-8-10-26-54-51;;/h3-27H,1-2H3;;/q-4;2*+2. The molecule has 0 bridgehead atoms. The number of para-hydroxylation sites is 2. The van der Waals surface area contributed by atoms with Crippen molar-refractivity contribution in [3.63, 3.8) is 0 Å². The van der Waals surface area contributed by atoms with E-state index in [9.17, 15) is 0 Å². The van der Waals surface area contributed by atoms with Crippen LogP contribution in [0.25, 0.3) is 83.0 Å². The van der Waals surface area contributed by atoms with Crippen molar-refractivity contribution in [2.24, 2.45) is 0 Å².